The smallest absolute Gasteiger partial charge is 0.130 e. The summed E-state index contributed by atoms with van der Waals surface area (Å²) in [5.41, 5.74) is 4.69. The first kappa shape index (κ1) is 19.0. The molecule has 1 heteroatoms. The lowest BCUT2D eigenvalue weighted by molar-refractivity contribution is 0.460. The second kappa shape index (κ2) is 7.44. The van der Waals surface area contributed by atoms with Crippen molar-refractivity contribution >= 4 is 0 Å². The van der Waals surface area contributed by atoms with Crippen LogP contribution < -0.4 is 4.74 Å². The van der Waals surface area contributed by atoms with Crippen molar-refractivity contribution in [3.63, 3.8) is 0 Å². The van der Waals surface area contributed by atoms with Crippen LogP contribution in [0.1, 0.15) is 49.9 Å². The first-order valence-electron chi connectivity index (χ1n) is 9.41. The fraction of sp³-hybridized carbons (Fsp3) is 0.231. The molecule has 0 saturated carbocycles. The second-order valence-electron chi connectivity index (χ2n) is 7.98. The Labute approximate surface area is 163 Å². The highest BCUT2D eigenvalue weighted by molar-refractivity contribution is 5.51. The van der Waals surface area contributed by atoms with E-state index in [1.165, 1.54) is 23.0 Å². The van der Waals surface area contributed by atoms with Crippen LogP contribution >= 0.6 is 0 Å². The standard InChI is InChI=1S/C26H28O/c1-6-27-24-18-17-22(25(2,3)20-13-9-7-10-14-20)19-23(24)26(4,5)21-15-11-8-12-16-21/h6-19H,1H2,2-5H3. The van der Waals surface area contributed by atoms with Gasteiger partial charge in [0.05, 0.1) is 6.26 Å². The van der Waals surface area contributed by atoms with Gasteiger partial charge in [0, 0.05) is 16.4 Å². The van der Waals surface area contributed by atoms with Gasteiger partial charge in [-0.3, -0.25) is 0 Å². The topological polar surface area (TPSA) is 9.23 Å². The minimum Gasteiger partial charge on any atom is -0.465 e. The van der Waals surface area contributed by atoms with Crippen molar-refractivity contribution in [2.75, 3.05) is 0 Å². The summed E-state index contributed by atoms with van der Waals surface area (Å²) in [4.78, 5) is 0. The quantitative estimate of drug-likeness (QED) is 0.438. The van der Waals surface area contributed by atoms with E-state index in [0.717, 1.165) is 11.3 Å². The Morgan fingerprint density at radius 3 is 1.70 bits per heavy atom. The largest absolute Gasteiger partial charge is 0.465 e. The third-order valence-electron chi connectivity index (χ3n) is 5.58. The van der Waals surface area contributed by atoms with Gasteiger partial charge in [0.15, 0.2) is 0 Å². The molecule has 0 spiro atoms. The summed E-state index contributed by atoms with van der Waals surface area (Å²) in [6, 6.07) is 27.7. The highest BCUT2D eigenvalue weighted by atomic mass is 16.5. The van der Waals surface area contributed by atoms with E-state index in [2.05, 4.69) is 113 Å². The molecule has 0 aromatic heterocycles. The molecule has 27 heavy (non-hydrogen) atoms. The van der Waals surface area contributed by atoms with E-state index in [1.807, 2.05) is 0 Å². The molecule has 3 rings (SSSR count). The number of benzene rings is 3. The molecule has 0 unspecified atom stereocenters. The van der Waals surface area contributed by atoms with E-state index in [0.29, 0.717) is 0 Å². The van der Waals surface area contributed by atoms with Crippen molar-refractivity contribution in [3.8, 4) is 5.75 Å². The molecule has 0 fully saturated rings. The van der Waals surface area contributed by atoms with Crippen LogP contribution in [0.15, 0.2) is 91.7 Å². The minimum atomic E-state index is -0.192. The Kier molecular flexibility index (Phi) is 5.23. The van der Waals surface area contributed by atoms with Crippen molar-refractivity contribution in [1.29, 1.82) is 0 Å². The van der Waals surface area contributed by atoms with Crippen molar-refractivity contribution in [2.45, 2.75) is 38.5 Å². The average Bonchev–Trinajstić information content (AvgIpc) is 2.69. The van der Waals surface area contributed by atoms with Gasteiger partial charge in [-0.15, -0.1) is 0 Å². The Balaban J connectivity index is 2.15. The molecule has 0 amide bonds. The summed E-state index contributed by atoms with van der Waals surface area (Å²) < 4.78 is 5.78. The number of hydrogen-bond donors (Lipinski definition) is 0. The van der Waals surface area contributed by atoms with E-state index in [1.54, 1.807) is 0 Å². The van der Waals surface area contributed by atoms with Gasteiger partial charge in [0.1, 0.15) is 5.75 Å². The first-order valence-corrected chi connectivity index (χ1v) is 9.41. The van der Waals surface area contributed by atoms with Crippen molar-refractivity contribution in [1.82, 2.24) is 0 Å². The third-order valence-corrected chi connectivity index (χ3v) is 5.58. The van der Waals surface area contributed by atoms with Crippen LogP contribution in [0.3, 0.4) is 0 Å². The monoisotopic (exact) mass is 356 g/mol. The lowest BCUT2D eigenvalue weighted by Crippen LogP contribution is -2.23. The van der Waals surface area contributed by atoms with Gasteiger partial charge in [-0.2, -0.15) is 0 Å². The lowest BCUT2D eigenvalue weighted by Gasteiger charge is -2.32. The molecule has 0 aliphatic rings. The van der Waals surface area contributed by atoms with Gasteiger partial charge >= 0.3 is 0 Å². The summed E-state index contributed by atoms with van der Waals surface area (Å²) in [6.07, 6.45) is 1.50. The highest BCUT2D eigenvalue weighted by Crippen LogP contribution is 2.41. The molecule has 1 nitrogen and oxygen atoms in total. The molecule has 0 atom stereocenters. The number of ether oxygens (including phenoxy) is 1. The Morgan fingerprint density at radius 1 is 0.667 bits per heavy atom. The predicted octanol–water partition coefficient (Wildman–Crippen LogP) is 6.86. The molecule has 0 saturated heterocycles. The van der Waals surface area contributed by atoms with Gasteiger partial charge in [-0.05, 0) is 22.8 Å². The van der Waals surface area contributed by atoms with E-state index < -0.39 is 0 Å². The summed E-state index contributed by atoms with van der Waals surface area (Å²) in [5.74, 6) is 0.853. The van der Waals surface area contributed by atoms with Gasteiger partial charge < -0.3 is 4.74 Å². The van der Waals surface area contributed by atoms with Crippen LogP contribution in [-0.2, 0) is 10.8 Å². The maximum Gasteiger partial charge on any atom is 0.130 e. The fourth-order valence-electron chi connectivity index (χ4n) is 3.63. The van der Waals surface area contributed by atoms with Gasteiger partial charge in [-0.25, -0.2) is 0 Å². The molecule has 0 radical (unpaired) electrons. The minimum absolute atomic E-state index is 0.102. The summed E-state index contributed by atoms with van der Waals surface area (Å²) in [6.45, 7) is 12.8. The molecule has 0 aliphatic heterocycles. The molecular weight excluding hydrogens is 328 g/mol. The van der Waals surface area contributed by atoms with Crippen molar-refractivity contribution in [2.24, 2.45) is 0 Å². The van der Waals surface area contributed by atoms with Crippen LogP contribution in [0.5, 0.6) is 5.75 Å². The molecule has 3 aromatic rings. The summed E-state index contributed by atoms with van der Waals surface area (Å²) in [7, 11) is 0. The Morgan fingerprint density at radius 2 is 1.19 bits per heavy atom. The molecular formula is C26H28O. The predicted molar refractivity (Wildman–Crippen MR) is 114 cm³/mol. The molecule has 138 valence electrons. The van der Waals surface area contributed by atoms with E-state index >= 15 is 0 Å². The second-order valence-corrected chi connectivity index (χ2v) is 7.98. The SMILES string of the molecule is C=COc1ccc(C(C)(C)c2ccccc2)cc1C(C)(C)c1ccccc1. The third kappa shape index (κ3) is 3.68. The molecule has 3 aromatic carbocycles. The maximum absolute atomic E-state index is 5.78. The Hall–Kier alpha value is -2.80. The molecule has 0 aliphatic carbocycles. The van der Waals surface area contributed by atoms with Crippen molar-refractivity contribution < 1.29 is 4.74 Å². The Bertz CT molecular complexity index is 905. The zero-order valence-corrected chi connectivity index (χ0v) is 16.7. The molecule has 0 N–H and O–H groups in total. The van der Waals surface area contributed by atoms with Crippen LogP contribution in [0.25, 0.3) is 0 Å². The van der Waals surface area contributed by atoms with E-state index in [-0.39, 0.29) is 10.8 Å². The normalized spacial score (nSPS) is 11.9. The van der Waals surface area contributed by atoms with Crippen LogP contribution in [-0.4, -0.2) is 0 Å². The van der Waals surface area contributed by atoms with Crippen LogP contribution in [0.2, 0.25) is 0 Å². The average molecular weight is 357 g/mol. The number of hydrogen-bond acceptors (Lipinski definition) is 1. The zero-order chi connectivity index (χ0) is 19.5. The van der Waals surface area contributed by atoms with Crippen LogP contribution in [0, 0.1) is 0 Å². The van der Waals surface area contributed by atoms with E-state index in [4.69, 9.17) is 4.74 Å². The van der Waals surface area contributed by atoms with Crippen LogP contribution in [0.4, 0.5) is 0 Å². The molecule has 0 bridgehead atoms. The lowest BCUT2D eigenvalue weighted by atomic mass is 9.73. The summed E-state index contributed by atoms with van der Waals surface area (Å²) in [5, 5.41) is 0. The summed E-state index contributed by atoms with van der Waals surface area (Å²) >= 11 is 0. The first-order chi connectivity index (χ1) is 12.9. The van der Waals surface area contributed by atoms with Gasteiger partial charge in [-0.1, -0.05) is 107 Å². The maximum atomic E-state index is 5.78. The number of rotatable bonds is 6. The fourth-order valence-corrected chi connectivity index (χ4v) is 3.63. The van der Waals surface area contributed by atoms with Crippen molar-refractivity contribution in [3.05, 3.63) is 114 Å². The zero-order valence-electron chi connectivity index (χ0n) is 16.7. The van der Waals surface area contributed by atoms with Gasteiger partial charge in [0.2, 0.25) is 0 Å². The highest BCUT2D eigenvalue weighted by Gasteiger charge is 2.30. The van der Waals surface area contributed by atoms with Gasteiger partial charge in [0.25, 0.3) is 0 Å². The van der Waals surface area contributed by atoms with E-state index in [9.17, 15) is 0 Å². The molecule has 0 heterocycles.